The molecule has 2 unspecified atom stereocenters. The average Bonchev–Trinajstić information content (AvgIpc) is 3.70. The molecule has 2 fully saturated rings. The summed E-state index contributed by atoms with van der Waals surface area (Å²) in [5.74, 6) is -5.95. The lowest BCUT2D eigenvalue weighted by molar-refractivity contribution is -0.173. The molecule has 1 aliphatic heterocycles. The fraction of sp³-hybridized carbons (Fsp3) is 0.700. The van der Waals surface area contributed by atoms with Gasteiger partial charge in [-0.05, 0) is 83.1 Å². The van der Waals surface area contributed by atoms with Crippen LogP contribution in [0.3, 0.4) is 0 Å². The van der Waals surface area contributed by atoms with Gasteiger partial charge in [-0.2, -0.15) is 13.2 Å². The van der Waals surface area contributed by atoms with E-state index in [4.69, 9.17) is 18.5 Å². The Kier molecular flexibility index (Phi) is 21.3. The number of nitrogens with one attached hydrogen (secondary N) is 4. The van der Waals surface area contributed by atoms with Crippen molar-refractivity contribution in [2.24, 2.45) is 5.92 Å². The topological polar surface area (TPSA) is 208 Å². The zero-order valence-corrected chi connectivity index (χ0v) is 35.6. The van der Waals surface area contributed by atoms with E-state index in [1.807, 2.05) is 37.3 Å². The van der Waals surface area contributed by atoms with Crippen molar-refractivity contribution in [3.05, 3.63) is 35.9 Å². The van der Waals surface area contributed by atoms with Crippen LogP contribution in [0.4, 0.5) is 18.0 Å². The molecule has 16 nitrogen and oxygen atoms in total. The molecule has 1 aliphatic carbocycles. The van der Waals surface area contributed by atoms with E-state index in [1.165, 1.54) is 4.90 Å². The first-order chi connectivity index (χ1) is 28.6. The number of hydrogen-bond donors (Lipinski definition) is 4. The Labute approximate surface area is 349 Å². The number of benzene rings is 1. The molecular formula is C40H61F3N5O11P. The third-order valence-electron chi connectivity index (χ3n) is 10.4. The quantitative estimate of drug-likeness (QED) is 0.0510. The summed E-state index contributed by atoms with van der Waals surface area (Å²) in [5, 5.41) is 10.0. The van der Waals surface area contributed by atoms with Crippen molar-refractivity contribution < 1.29 is 65.0 Å². The van der Waals surface area contributed by atoms with Gasteiger partial charge in [-0.15, -0.1) is 0 Å². The van der Waals surface area contributed by atoms with E-state index in [0.29, 0.717) is 51.4 Å². The van der Waals surface area contributed by atoms with Crippen LogP contribution >= 0.6 is 7.60 Å². The maximum atomic E-state index is 14.7. The van der Waals surface area contributed by atoms with Gasteiger partial charge < -0.3 is 40.2 Å². The largest absolute Gasteiger partial charge is 0.471 e. The summed E-state index contributed by atoms with van der Waals surface area (Å²) in [5.41, 5.74) is 0.829. The summed E-state index contributed by atoms with van der Waals surface area (Å²) in [6.45, 7) is 3.69. The van der Waals surface area contributed by atoms with E-state index in [1.54, 1.807) is 12.2 Å². The number of unbranched alkanes of at least 4 members (excludes halogenated alkanes) is 3. The molecule has 1 aromatic rings. The summed E-state index contributed by atoms with van der Waals surface area (Å²) in [6, 6.07) is 7.17. The van der Waals surface area contributed by atoms with Crippen LogP contribution < -0.4 is 21.3 Å². The second-order valence-electron chi connectivity index (χ2n) is 14.8. The molecule has 20 heteroatoms. The number of alkyl carbamates (subject to hydrolysis) is 1. The molecule has 5 atom stereocenters. The summed E-state index contributed by atoms with van der Waals surface area (Å²) in [4.78, 5) is 78.8. The van der Waals surface area contributed by atoms with Crippen LogP contribution in [0.15, 0.2) is 30.3 Å². The van der Waals surface area contributed by atoms with Gasteiger partial charge in [0.15, 0.2) is 0 Å². The number of ether oxygens (including phenoxy) is 2. The molecule has 3 rings (SSSR count). The van der Waals surface area contributed by atoms with E-state index >= 15 is 0 Å². The monoisotopic (exact) mass is 875 g/mol. The number of amides is 5. The Morgan fingerprint density at radius 2 is 1.53 bits per heavy atom. The van der Waals surface area contributed by atoms with Gasteiger partial charge in [0.2, 0.25) is 11.8 Å². The van der Waals surface area contributed by atoms with Crippen LogP contribution in [0.5, 0.6) is 0 Å². The molecule has 1 aromatic carbocycles. The third kappa shape index (κ3) is 16.3. The lowest BCUT2D eigenvalue weighted by Crippen LogP contribution is -2.52. The Bertz CT molecular complexity index is 1600. The minimum Gasteiger partial charge on any atom is -0.464 e. The highest BCUT2D eigenvalue weighted by atomic mass is 31.2. The fourth-order valence-corrected chi connectivity index (χ4v) is 8.56. The van der Waals surface area contributed by atoms with Gasteiger partial charge in [0.1, 0.15) is 30.6 Å². The number of likely N-dealkylation sites (tertiary alicyclic amines) is 1. The van der Waals surface area contributed by atoms with Gasteiger partial charge in [-0.25, -0.2) is 9.59 Å². The number of hydrogen-bond acceptors (Lipinski definition) is 11. The second-order valence-corrected chi connectivity index (χ2v) is 17.1. The van der Waals surface area contributed by atoms with Crippen molar-refractivity contribution in [2.75, 3.05) is 33.4 Å². The number of esters is 1. The Hall–Kier alpha value is -4.22. The number of alkyl halides is 3. The Morgan fingerprint density at radius 3 is 2.15 bits per heavy atom. The maximum absolute atomic E-state index is 14.7. The minimum absolute atomic E-state index is 0.00366. The molecule has 60 heavy (non-hydrogen) atoms. The highest BCUT2D eigenvalue weighted by Gasteiger charge is 2.45. The molecule has 0 spiro atoms. The molecule has 0 bridgehead atoms. The second kappa shape index (κ2) is 25.5. The summed E-state index contributed by atoms with van der Waals surface area (Å²) in [6.07, 6.45) is -2.18. The molecule has 2 aliphatic rings. The Morgan fingerprint density at radius 1 is 0.850 bits per heavy atom. The van der Waals surface area contributed by atoms with E-state index in [2.05, 4.69) is 16.0 Å². The first-order valence-corrected chi connectivity index (χ1v) is 22.5. The maximum Gasteiger partial charge on any atom is 0.471 e. The molecule has 1 saturated heterocycles. The van der Waals surface area contributed by atoms with Crippen molar-refractivity contribution in [1.82, 2.24) is 26.2 Å². The summed E-state index contributed by atoms with van der Waals surface area (Å²) >= 11 is 0. The number of carbonyl (C=O) groups excluding carboxylic acids is 6. The van der Waals surface area contributed by atoms with Crippen LogP contribution in [0.25, 0.3) is 0 Å². The predicted molar refractivity (Wildman–Crippen MR) is 213 cm³/mol. The van der Waals surface area contributed by atoms with Crippen molar-refractivity contribution in [3.63, 3.8) is 0 Å². The van der Waals surface area contributed by atoms with Crippen molar-refractivity contribution in [2.45, 2.75) is 140 Å². The van der Waals surface area contributed by atoms with Crippen LogP contribution in [-0.2, 0) is 53.7 Å². The molecular weight excluding hydrogens is 814 g/mol. The number of rotatable bonds is 26. The van der Waals surface area contributed by atoms with E-state index in [9.17, 15) is 46.5 Å². The van der Waals surface area contributed by atoms with Crippen LogP contribution in [0.2, 0.25) is 0 Å². The zero-order valence-electron chi connectivity index (χ0n) is 34.7. The van der Waals surface area contributed by atoms with Gasteiger partial charge in [-0.3, -0.25) is 28.3 Å². The van der Waals surface area contributed by atoms with Crippen LogP contribution in [0.1, 0.15) is 109 Å². The SMILES string of the molecule is CCCCC(NC(=O)[C@H](CCCCNC(=O)OCc1ccccc1)NC(=O)C1CCC1)P(=O)(OC)O[C@@H](CCCCNC(=O)C(F)(F)F)C(=O)N1CCC[C@H]1C(=O)OCC. The molecule has 0 radical (unpaired) electrons. The summed E-state index contributed by atoms with van der Waals surface area (Å²) in [7, 11) is -3.34. The van der Waals surface area contributed by atoms with E-state index < -0.39 is 67.5 Å². The molecule has 1 saturated carbocycles. The van der Waals surface area contributed by atoms with Crippen LogP contribution in [0, 0.1) is 5.92 Å². The zero-order chi connectivity index (χ0) is 44.1. The smallest absolute Gasteiger partial charge is 0.464 e. The first kappa shape index (κ1) is 50.1. The number of halogens is 3. The molecule has 1 heterocycles. The van der Waals surface area contributed by atoms with Gasteiger partial charge in [0.25, 0.3) is 5.91 Å². The van der Waals surface area contributed by atoms with Gasteiger partial charge in [-0.1, -0.05) is 56.5 Å². The van der Waals surface area contributed by atoms with Gasteiger partial charge in [0, 0.05) is 32.7 Å². The van der Waals surface area contributed by atoms with Crippen molar-refractivity contribution in [1.29, 1.82) is 0 Å². The Balaban J connectivity index is 1.75. The van der Waals surface area contributed by atoms with Crippen molar-refractivity contribution >= 4 is 43.3 Å². The molecule has 4 N–H and O–H groups in total. The molecule has 0 aromatic heterocycles. The first-order valence-electron chi connectivity index (χ1n) is 20.8. The van der Waals surface area contributed by atoms with E-state index in [-0.39, 0.29) is 76.8 Å². The summed E-state index contributed by atoms with van der Waals surface area (Å²) < 4.78 is 74.9. The van der Waals surface area contributed by atoms with Gasteiger partial charge >= 0.3 is 31.7 Å². The van der Waals surface area contributed by atoms with Crippen LogP contribution in [-0.4, -0.2) is 104 Å². The highest BCUT2D eigenvalue weighted by molar-refractivity contribution is 7.54. The third-order valence-corrected chi connectivity index (χ3v) is 12.6. The highest BCUT2D eigenvalue weighted by Crippen LogP contribution is 2.54. The number of carbonyl (C=O) groups is 6. The standard InChI is InChI=1S/C40H61F3N5O11P/c1-4-6-23-33(47-35(50)30(46-34(49)29-18-14-19-29)20-10-12-25-45-39(54)58-27-28-16-8-7-9-17-28)60(55,56-3)59-32(22-11-13-24-44-38(53)40(41,42)43)36(51)48-26-15-21-31(48)37(52)57-5-2/h7-9,16-17,29-33H,4-6,10-15,18-27H2,1-3H3,(H,44,53)(H,45,54)(H,46,49)(H,47,50)/t30-,31-,32-,33?,60?/m0/s1. The minimum atomic E-state index is -5.07. The van der Waals surface area contributed by atoms with E-state index in [0.717, 1.165) is 19.1 Å². The fourth-order valence-electron chi connectivity index (χ4n) is 6.74. The predicted octanol–water partition coefficient (Wildman–Crippen LogP) is 5.63. The lowest BCUT2D eigenvalue weighted by Gasteiger charge is -2.33. The average molecular weight is 876 g/mol. The lowest BCUT2D eigenvalue weighted by atomic mass is 9.84. The normalized spacial score (nSPS) is 17.9. The van der Waals surface area contributed by atoms with Crippen molar-refractivity contribution in [3.8, 4) is 0 Å². The van der Waals surface area contributed by atoms with Gasteiger partial charge in [0.05, 0.1) is 6.61 Å². The molecule has 338 valence electrons. The molecule has 5 amide bonds. The number of nitrogens with zero attached hydrogens (tertiary/aromatic N) is 1.